The SMILES string of the molecule is CCCCCCC(=O)O.O=C(O)C(F)(F)F. The third-order valence-corrected chi connectivity index (χ3v) is 1.49. The van der Waals surface area contributed by atoms with Gasteiger partial charge in [-0.1, -0.05) is 26.2 Å². The highest BCUT2D eigenvalue weighted by Crippen LogP contribution is 2.13. The van der Waals surface area contributed by atoms with Gasteiger partial charge < -0.3 is 10.2 Å². The molecule has 0 aromatic carbocycles. The van der Waals surface area contributed by atoms with Gasteiger partial charge in [0.25, 0.3) is 0 Å². The molecule has 16 heavy (non-hydrogen) atoms. The third-order valence-electron chi connectivity index (χ3n) is 1.49. The van der Waals surface area contributed by atoms with Crippen LogP contribution >= 0.6 is 0 Å². The van der Waals surface area contributed by atoms with Gasteiger partial charge in [-0.2, -0.15) is 13.2 Å². The van der Waals surface area contributed by atoms with Crippen LogP contribution in [0.3, 0.4) is 0 Å². The largest absolute Gasteiger partial charge is 0.490 e. The van der Waals surface area contributed by atoms with Crippen molar-refractivity contribution in [3.63, 3.8) is 0 Å². The van der Waals surface area contributed by atoms with Gasteiger partial charge in [0.1, 0.15) is 0 Å². The quantitative estimate of drug-likeness (QED) is 0.729. The highest BCUT2D eigenvalue weighted by atomic mass is 19.4. The summed E-state index contributed by atoms with van der Waals surface area (Å²) in [6, 6.07) is 0. The molecule has 0 aliphatic heterocycles. The van der Waals surface area contributed by atoms with Crippen LogP contribution in [-0.4, -0.2) is 28.3 Å². The number of carbonyl (C=O) groups is 2. The molecule has 2 N–H and O–H groups in total. The lowest BCUT2D eigenvalue weighted by atomic mass is 10.2. The van der Waals surface area contributed by atoms with E-state index in [0.717, 1.165) is 19.3 Å². The van der Waals surface area contributed by atoms with Crippen LogP contribution in [0.1, 0.15) is 39.0 Å². The first kappa shape index (κ1) is 17.1. The smallest absolute Gasteiger partial charge is 0.481 e. The first-order chi connectivity index (χ1) is 7.21. The van der Waals surface area contributed by atoms with Crippen LogP contribution in [0.4, 0.5) is 13.2 Å². The second-order valence-electron chi connectivity index (χ2n) is 3.01. The lowest BCUT2D eigenvalue weighted by molar-refractivity contribution is -0.192. The molecular weight excluding hydrogens is 229 g/mol. The topological polar surface area (TPSA) is 74.6 Å². The summed E-state index contributed by atoms with van der Waals surface area (Å²) in [5, 5.41) is 15.3. The Hall–Kier alpha value is -1.27. The molecular formula is C9H15F3O4. The minimum absolute atomic E-state index is 0.333. The molecule has 0 saturated carbocycles. The van der Waals surface area contributed by atoms with Crippen molar-refractivity contribution in [3.05, 3.63) is 0 Å². The summed E-state index contributed by atoms with van der Waals surface area (Å²) in [7, 11) is 0. The fourth-order valence-electron chi connectivity index (χ4n) is 0.703. The highest BCUT2D eigenvalue weighted by Gasteiger charge is 2.38. The summed E-state index contributed by atoms with van der Waals surface area (Å²) >= 11 is 0. The predicted molar refractivity (Wildman–Crippen MR) is 50.1 cm³/mol. The average molecular weight is 244 g/mol. The maximum Gasteiger partial charge on any atom is 0.490 e. The van der Waals surface area contributed by atoms with E-state index in [1.54, 1.807) is 0 Å². The molecule has 96 valence electrons. The normalized spacial score (nSPS) is 10.2. The zero-order valence-corrected chi connectivity index (χ0v) is 8.88. The number of alkyl halides is 3. The molecule has 0 spiro atoms. The van der Waals surface area contributed by atoms with Crippen molar-refractivity contribution in [1.82, 2.24) is 0 Å². The van der Waals surface area contributed by atoms with E-state index >= 15 is 0 Å². The number of halogens is 3. The highest BCUT2D eigenvalue weighted by molar-refractivity contribution is 5.73. The van der Waals surface area contributed by atoms with E-state index < -0.39 is 18.1 Å². The minimum Gasteiger partial charge on any atom is -0.481 e. The number of hydrogen-bond acceptors (Lipinski definition) is 2. The zero-order chi connectivity index (χ0) is 13.2. The van der Waals surface area contributed by atoms with E-state index in [0.29, 0.717) is 6.42 Å². The molecule has 0 amide bonds. The zero-order valence-electron chi connectivity index (χ0n) is 8.88. The Balaban J connectivity index is 0. The van der Waals surface area contributed by atoms with Gasteiger partial charge >= 0.3 is 18.1 Å². The maximum atomic E-state index is 10.6. The molecule has 0 radical (unpaired) electrons. The van der Waals surface area contributed by atoms with Crippen molar-refractivity contribution >= 4 is 11.9 Å². The molecule has 0 unspecified atom stereocenters. The van der Waals surface area contributed by atoms with E-state index in [-0.39, 0.29) is 0 Å². The van der Waals surface area contributed by atoms with Gasteiger partial charge in [0.05, 0.1) is 0 Å². The lowest BCUT2D eigenvalue weighted by Gasteiger charge is -1.93. The van der Waals surface area contributed by atoms with Crippen LogP contribution < -0.4 is 0 Å². The minimum atomic E-state index is -5.08. The molecule has 0 saturated heterocycles. The Labute approximate surface area is 91.1 Å². The van der Waals surface area contributed by atoms with Gasteiger partial charge in [-0.05, 0) is 6.42 Å². The Morgan fingerprint density at radius 2 is 1.50 bits per heavy atom. The lowest BCUT2D eigenvalue weighted by Crippen LogP contribution is -2.21. The summed E-state index contributed by atoms with van der Waals surface area (Å²) in [5.74, 6) is -3.43. The summed E-state index contributed by atoms with van der Waals surface area (Å²) in [5.41, 5.74) is 0. The van der Waals surface area contributed by atoms with Gasteiger partial charge in [-0.15, -0.1) is 0 Å². The third kappa shape index (κ3) is 15.2. The van der Waals surface area contributed by atoms with Crippen LogP contribution in [0.2, 0.25) is 0 Å². The summed E-state index contributed by atoms with van der Waals surface area (Å²) < 4.78 is 31.7. The Morgan fingerprint density at radius 3 is 1.75 bits per heavy atom. The number of carboxylic acid groups (broad SMARTS) is 2. The Bertz CT molecular complexity index is 213. The number of carboxylic acids is 2. The molecule has 4 nitrogen and oxygen atoms in total. The maximum absolute atomic E-state index is 10.6. The number of aliphatic carboxylic acids is 2. The van der Waals surface area contributed by atoms with Gasteiger partial charge in [0, 0.05) is 6.42 Å². The van der Waals surface area contributed by atoms with Crippen molar-refractivity contribution in [2.24, 2.45) is 0 Å². The fourth-order valence-corrected chi connectivity index (χ4v) is 0.703. The molecule has 0 aliphatic carbocycles. The first-order valence-electron chi connectivity index (χ1n) is 4.73. The molecule has 0 aliphatic rings. The Morgan fingerprint density at radius 1 is 1.06 bits per heavy atom. The standard InChI is InChI=1S/C7H14O2.C2HF3O2/c1-2-3-4-5-6-7(8)9;3-2(4,5)1(6)7/h2-6H2,1H3,(H,8,9);(H,6,7). The monoisotopic (exact) mass is 244 g/mol. The van der Waals surface area contributed by atoms with Crippen molar-refractivity contribution in [2.45, 2.75) is 45.2 Å². The van der Waals surface area contributed by atoms with Gasteiger partial charge in [-0.25, -0.2) is 4.79 Å². The first-order valence-corrected chi connectivity index (χ1v) is 4.73. The molecule has 0 atom stereocenters. The van der Waals surface area contributed by atoms with E-state index in [4.69, 9.17) is 15.0 Å². The van der Waals surface area contributed by atoms with Crippen molar-refractivity contribution in [1.29, 1.82) is 0 Å². The summed E-state index contributed by atoms with van der Waals surface area (Å²) in [6.07, 6.45) is -0.529. The average Bonchev–Trinajstić information content (AvgIpc) is 2.11. The van der Waals surface area contributed by atoms with E-state index in [9.17, 15) is 18.0 Å². The van der Waals surface area contributed by atoms with E-state index in [1.807, 2.05) is 0 Å². The molecule has 0 bridgehead atoms. The van der Waals surface area contributed by atoms with Crippen molar-refractivity contribution < 1.29 is 33.0 Å². The second kappa shape index (κ2) is 8.99. The van der Waals surface area contributed by atoms with E-state index in [1.165, 1.54) is 6.42 Å². The number of hydrogen-bond donors (Lipinski definition) is 2. The fraction of sp³-hybridized carbons (Fsp3) is 0.778. The second-order valence-corrected chi connectivity index (χ2v) is 3.01. The van der Waals surface area contributed by atoms with Gasteiger partial charge in [0.2, 0.25) is 0 Å². The van der Waals surface area contributed by atoms with Gasteiger partial charge in [-0.3, -0.25) is 4.79 Å². The summed E-state index contributed by atoms with van der Waals surface area (Å²) in [4.78, 5) is 18.9. The number of unbranched alkanes of at least 4 members (excludes halogenated alkanes) is 3. The Kier molecular flexibility index (Phi) is 9.63. The van der Waals surface area contributed by atoms with Gasteiger partial charge in [0.15, 0.2) is 0 Å². The molecule has 0 aromatic rings. The predicted octanol–water partition coefficient (Wildman–Crippen LogP) is 2.67. The van der Waals surface area contributed by atoms with Crippen LogP contribution in [0.25, 0.3) is 0 Å². The van der Waals surface area contributed by atoms with E-state index in [2.05, 4.69) is 6.92 Å². The molecule has 0 aromatic heterocycles. The molecule has 0 heterocycles. The van der Waals surface area contributed by atoms with Crippen LogP contribution in [-0.2, 0) is 9.59 Å². The molecule has 0 rings (SSSR count). The van der Waals surface area contributed by atoms with Crippen molar-refractivity contribution in [2.75, 3.05) is 0 Å². The summed E-state index contributed by atoms with van der Waals surface area (Å²) in [6.45, 7) is 2.11. The van der Waals surface area contributed by atoms with Crippen LogP contribution in [0, 0.1) is 0 Å². The number of rotatable bonds is 5. The molecule has 7 heteroatoms. The van der Waals surface area contributed by atoms with Crippen LogP contribution in [0.15, 0.2) is 0 Å². The van der Waals surface area contributed by atoms with Crippen LogP contribution in [0.5, 0.6) is 0 Å². The molecule has 0 fully saturated rings. The van der Waals surface area contributed by atoms with Crippen molar-refractivity contribution in [3.8, 4) is 0 Å².